The molecular weight excluding hydrogens is 450 g/mol. The lowest BCUT2D eigenvalue weighted by atomic mass is 9.99. The van der Waals surface area contributed by atoms with Gasteiger partial charge in [0.05, 0.1) is 30.2 Å². The zero-order chi connectivity index (χ0) is 20.3. The Kier molecular flexibility index (Phi) is 6.35. The molecule has 0 fully saturated rings. The fourth-order valence-electron chi connectivity index (χ4n) is 3.10. The van der Waals surface area contributed by atoms with E-state index in [1.807, 2.05) is 6.07 Å². The number of anilines is 1. The third kappa shape index (κ3) is 4.05. The smallest absolute Gasteiger partial charge is 0.341 e. The number of para-hydroxylation sites is 1. The minimum absolute atomic E-state index is 0.213. The molecule has 2 aromatic rings. The number of ether oxygens (including phenoxy) is 3. The summed E-state index contributed by atoms with van der Waals surface area (Å²) in [5, 5.41) is 3.06. The molecule has 0 bridgehead atoms. The number of halogens is 1. The van der Waals surface area contributed by atoms with Crippen molar-refractivity contribution in [3.63, 3.8) is 0 Å². The van der Waals surface area contributed by atoms with Gasteiger partial charge in [-0.05, 0) is 46.5 Å². The summed E-state index contributed by atoms with van der Waals surface area (Å²) in [7, 11) is 2.57. The second-order valence-electron chi connectivity index (χ2n) is 6.02. The number of amides is 1. The molecule has 9 heteroatoms. The average molecular weight is 468 g/mol. The molecule has 0 spiro atoms. The number of rotatable bonds is 6. The van der Waals surface area contributed by atoms with Crippen LogP contribution in [0.3, 0.4) is 0 Å². The largest absolute Gasteiger partial charge is 0.483 e. The predicted molar refractivity (Wildman–Crippen MR) is 107 cm³/mol. The first-order chi connectivity index (χ1) is 13.5. The second-order valence-corrected chi connectivity index (χ2v) is 7.98. The third-order valence-electron chi connectivity index (χ3n) is 4.35. The number of carbonyl (C=O) groups is 3. The molecule has 0 saturated carbocycles. The Balaban J connectivity index is 1.80. The second kappa shape index (κ2) is 8.74. The van der Waals surface area contributed by atoms with Gasteiger partial charge in [-0.1, -0.05) is 12.1 Å². The number of nitrogens with one attached hydrogen (secondary N) is 1. The highest BCUT2D eigenvalue weighted by Gasteiger charge is 2.38. The van der Waals surface area contributed by atoms with Crippen LogP contribution in [0.2, 0.25) is 0 Å². The molecule has 0 aliphatic heterocycles. The number of methoxy groups -OCH3 is 2. The summed E-state index contributed by atoms with van der Waals surface area (Å²) < 4.78 is 16.0. The molecule has 1 atom stereocenters. The number of aryl methyl sites for hydroxylation is 1. The van der Waals surface area contributed by atoms with Crippen molar-refractivity contribution in [3.8, 4) is 5.75 Å². The summed E-state index contributed by atoms with van der Waals surface area (Å²) in [5.41, 5.74) is 0.801. The lowest BCUT2D eigenvalue weighted by Gasteiger charge is -2.12. The first kappa shape index (κ1) is 20.3. The Hall–Kier alpha value is -2.39. The molecule has 1 aliphatic carbocycles. The van der Waals surface area contributed by atoms with Gasteiger partial charge in [0, 0.05) is 4.88 Å². The Labute approximate surface area is 174 Å². The summed E-state index contributed by atoms with van der Waals surface area (Å²) in [5.74, 6) is -1.43. The molecule has 0 radical (unpaired) electrons. The molecule has 3 rings (SSSR count). The van der Waals surface area contributed by atoms with Crippen LogP contribution in [0.4, 0.5) is 5.00 Å². The van der Waals surface area contributed by atoms with E-state index in [2.05, 4.69) is 21.2 Å². The lowest BCUT2D eigenvalue weighted by molar-refractivity contribution is -0.142. The number of hydrogen-bond acceptors (Lipinski definition) is 7. The van der Waals surface area contributed by atoms with Gasteiger partial charge < -0.3 is 19.5 Å². The van der Waals surface area contributed by atoms with Gasteiger partial charge in [-0.2, -0.15) is 0 Å². The van der Waals surface area contributed by atoms with Crippen molar-refractivity contribution >= 4 is 50.1 Å². The van der Waals surface area contributed by atoms with E-state index in [4.69, 9.17) is 14.2 Å². The Morgan fingerprint density at radius 2 is 1.96 bits per heavy atom. The molecule has 1 N–H and O–H groups in total. The summed E-state index contributed by atoms with van der Waals surface area (Å²) >= 11 is 4.62. The van der Waals surface area contributed by atoms with E-state index in [0.29, 0.717) is 29.2 Å². The van der Waals surface area contributed by atoms with Crippen LogP contribution in [0.5, 0.6) is 5.75 Å². The zero-order valence-corrected chi connectivity index (χ0v) is 17.6. The molecule has 148 valence electrons. The summed E-state index contributed by atoms with van der Waals surface area (Å²) in [6.45, 7) is -0.230. The molecule has 7 nitrogen and oxygen atoms in total. The first-order valence-corrected chi connectivity index (χ1v) is 10.1. The minimum atomic E-state index is -0.602. The average Bonchev–Trinajstić information content (AvgIpc) is 3.24. The zero-order valence-electron chi connectivity index (χ0n) is 15.2. The van der Waals surface area contributed by atoms with E-state index in [-0.39, 0.29) is 12.2 Å². The first-order valence-electron chi connectivity index (χ1n) is 8.45. The minimum Gasteiger partial charge on any atom is -0.483 e. The molecule has 1 heterocycles. The van der Waals surface area contributed by atoms with Gasteiger partial charge in [0.1, 0.15) is 10.8 Å². The van der Waals surface area contributed by atoms with Gasteiger partial charge in [-0.3, -0.25) is 9.59 Å². The van der Waals surface area contributed by atoms with Crippen LogP contribution in [0.1, 0.15) is 33.1 Å². The molecule has 1 aliphatic rings. The van der Waals surface area contributed by atoms with E-state index >= 15 is 0 Å². The highest BCUT2D eigenvalue weighted by Crippen LogP contribution is 2.45. The predicted octanol–water partition coefficient (Wildman–Crippen LogP) is 3.52. The third-order valence-corrected chi connectivity index (χ3v) is 6.19. The van der Waals surface area contributed by atoms with Crippen LogP contribution in [-0.2, 0) is 25.5 Å². The number of carbonyl (C=O) groups excluding carboxylic acids is 3. The molecule has 0 unspecified atom stereocenters. The number of hydrogen-bond donors (Lipinski definition) is 1. The molecule has 1 amide bonds. The Morgan fingerprint density at radius 3 is 2.64 bits per heavy atom. The molecule has 1 aromatic heterocycles. The van der Waals surface area contributed by atoms with Crippen LogP contribution < -0.4 is 10.1 Å². The Bertz CT molecular complexity index is 925. The maximum atomic E-state index is 12.4. The van der Waals surface area contributed by atoms with E-state index in [1.54, 1.807) is 18.2 Å². The van der Waals surface area contributed by atoms with Crippen molar-refractivity contribution in [2.45, 2.75) is 18.8 Å². The van der Waals surface area contributed by atoms with Gasteiger partial charge >= 0.3 is 11.9 Å². The van der Waals surface area contributed by atoms with Crippen molar-refractivity contribution < 1.29 is 28.6 Å². The van der Waals surface area contributed by atoms with Gasteiger partial charge in [-0.25, -0.2) is 4.79 Å². The quantitative estimate of drug-likeness (QED) is 0.653. The van der Waals surface area contributed by atoms with Crippen molar-refractivity contribution in [2.24, 2.45) is 0 Å². The summed E-state index contributed by atoms with van der Waals surface area (Å²) in [6, 6.07) is 7.17. The standard InChI is InChI=1S/C19H18BrNO6S/c1-25-18(23)10-7-8-13-15(10)16(19(24)26-2)17(28-13)21-14(22)9-27-12-6-4-3-5-11(12)20/h3-6,10H,7-9H2,1-2H3,(H,21,22)/t10-/m0/s1. The van der Waals surface area contributed by atoms with Gasteiger partial charge in [0.2, 0.25) is 0 Å². The molecule has 1 aromatic carbocycles. The van der Waals surface area contributed by atoms with Crippen molar-refractivity contribution in [3.05, 3.63) is 44.7 Å². The lowest BCUT2D eigenvalue weighted by Crippen LogP contribution is -2.22. The van der Waals surface area contributed by atoms with Gasteiger partial charge in [0.15, 0.2) is 6.61 Å². The van der Waals surface area contributed by atoms with Crippen LogP contribution in [-0.4, -0.2) is 38.7 Å². The monoisotopic (exact) mass is 467 g/mol. The van der Waals surface area contributed by atoms with Crippen LogP contribution >= 0.6 is 27.3 Å². The number of benzene rings is 1. The summed E-state index contributed by atoms with van der Waals surface area (Å²) in [4.78, 5) is 37.7. The number of thiophene rings is 1. The molecular formula is C19H18BrNO6S. The Morgan fingerprint density at radius 1 is 1.21 bits per heavy atom. The molecule has 28 heavy (non-hydrogen) atoms. The highest BCUT2D eigenvalue weighted by atomic mass is 79.9. The van der Waals surface area contributed by atoms with Gasteiger partial charge in [0.25, 0.3) is 5.91 Å². The highest BCUT2D eigenvalue weighted by molar-refractivity contribution is 9.10. The van der Waals surface area contributed by atoms with E-state index in [9.17, 15) is 14.4 Å². The van der Waals surface area contributed by atoms with Crippen LogP contribution in [0.25, 0.3) is 0 Å². The van der Waals surface area contributed by atoms with Crippen LogP contribution in [0.15, 0.2) is 28.7 Å². The maximum absolute atomic E-state index is 12.4. The SMILES string of the molecule is COC(=O)c1c(NC(=O)COc2ccccc2Br)sc2c1[C@@H](C(=O)OC)CC2. The van der Waals surface area contributed by atoms with Crippen molar-refractivity contribution in [1.29, 1.82) is 0 Å². The van der Waals surface area contributed by atoms with Crippen LogP contribution in [0, 0.1) is 0 Å². The fourth-order valence-corrected chi connectivity index (χ4v) is 4.78. The number of fused-ring (bicyclic) bond motifs is 1. The van der Waals surface area contributed by atoms with E-state index in [1.165, 1.54) is 25.6 Å². The maximum Gasteiger partial charge on any atom is 0.341 e. The molecule has 0 saturated heterocycles. The van der Waals surface area contributed by atoms with Gasteiger partial charge in [-0.15, -0.1) is 11.3 Å². The fraction of sp³-hybridized carbons (Fsp3) is 0.316. The van der Waals surface area contributed by atoms with E-state index in [0.717, 1.165) is 9.35 Å². The summed E-state index contributed by atoms with van der Waals surface area (Å²) in [6.07, 6.45) is 1.20. The van der Waals surface area contributed by atoms with E-state index < -0.39 is 23.8 Å². The van der Waals surface area contributed by atoms with Crippen molar-refractivity contribution in [2.75, 3.05) is 26.1 Å². The van der Waals surface area contributed by atoms with Crippen molar-refractivity contribution in [1.82, 2.24) is 0 Å². The topological polar surface area (TPSA) is 90.9 Å². The normalized spacial score (nSPS) is 14.9. The number of esters is 2.